The van der Waals surface area contributed by atoms with E-state index in [4.69, 9.17) is 0 Å². The molecular weight excluding hydrogens is 412 g/mol. The molecule has 0 radical (unpaired) electrons. The van der Waals surface area contributed by atoms with E-state index in [1.165, 1.54) is 0 Å². The van der Waals surface area contributed by atoms with E-state index < -0.39 is 5.92 Å². The molecule has 2 aliphatic heterocycles. The van der Waals surface area contributed by atoms with E-state index in [0.717, 1.165) is 41.0 Å². The van der Waals surface area contributed by atoms with Gasteiger partial charge in [0.1, 0.15) is 0 Å². The number of aromatic nitrogens is 4. The van der Waals surface area contributed by atoms with Crippen molar-refractivity contribution < 1.29 is 8.78 Å². The number of fused-ring (bicyclic) bond motifs is 2. The maximum atomic E-state index is 13.4. The average molecular weight is 437 g/mol. The van der Waals surface area contributed by atoms with Crippen molar-refractivity contribution in [2.45, 2.75) is 38.2 Å². The van der Waals surface area contributed by atoms with Crippen LogP contribution >= 0.6 is 0 Å². The Labute approximate surface area is 184 Å². The first kappa shape index (κ1) is 19.7. The molecule has 1 aliphatic carbocycles. The van der Waals surface area contributed by atoms with Crippen LogP contribution in [0.4, 0.5) is 20.5 Å². The number of alkyl halides is 2. The number of hydrogen-bond donors (Lipinski definition) is 1. The van der Waals surface area contributed by atoms with Crippen molar-refractivity contribution in [3.63, 3.8) is 0 Å². The average Bonchev–Trinajstić information content (AvgIpc) is 3.13. The number of halogens is 2. The zero-order chi connectivity index (χ0) is 22.0. The molecule has 5 heterocycles. The molecule has 3 aromatic rings. The molecule has 7 nitrogen and oxygen atoms in total. The Morgan fingerprint density at radius 1 is 1.16 bits per heavy atom. The summed E-state index contributed by atoms with van der Waals surface area (Å²) in [6.07, 6.45) is 6.20. The number of aliphatic imine (C=N–C) groups is 1. The minimum absolute atomic E-state index is 0.00403. The molecule has 2 fully saturated rings. The number of likely N-dealkylation sites (tertiary alicyclic amines) is 1. The topological polar surface area (TPSA) is 70.7 Å². The van der Waals surface area contributed by atoms with E-state index >= 15 is 0 Å². The second-order valence-corrected chi connectivity index (χ2v) is 9.50. The van der Waals surface area contributed by atoms with Crippen LogP contribution in [0.3, 0.4) is 0 Å². The molecule has 3 aromatic heterocycles. The van der Waals surface area contributed by atoms with E-state index in [-0.39, 0.29) is 24.7 Å². The summed E-state index contributed by atoms with van der Waals surface area (Å²) in [6.45, 7) is 3.91. The van der Waals surface area contributed by atoms with Gasteiger partial charge in [-0.25, -0.2) is 28.3 Å². The van der Waals surface area contributed by atoms with E-state index in [0.29, 0.717) is 24.2 Å². The van der Waals surface area contributed by atoms with Crippen LogP contribution in [0.15, 0.2) is 35.7 Å². The molecule has 9 heteroatoms. The van der Waals surface area contributed by atoms with Crippen LogP contribution in [-0.2, 0) is 6.42 Å². The van der Waals surface area contributed by atoms with Gasteiger partial charge in [0.2, 0.25) is 11.9 Å². The van der Waals surface area contributed by atoms with E-state index in [1.54, 1.807) is 0 Å². The molecule has 6 rings (SSSR count). The molecule has 1 saturated heterocycles. The Kier molecular flexibility index (Phi) is 4.33. The first-order chi connectivity index (χ1) is 15.3. The summed E-state index contributed by atoms with van der Waals surface area (Å²) in [5.74, 6) is -1.14. The molecule has 0 unspecified atom stereocenters. The lowest BCUT2D eigenvalue weighted by atomic mass is 9.69. The van der Waals surface area contributed by atoms with Gasteiger partial charge < -0.3 is 10.2 Å². The summed E-state index contributed by atoms with van der Waals surface area (Å²) in [6, 6.07) is 4.48. The van der Waals surface area contributed by atoms with Crippen molar-refractivity contribution in [3.05, 3.63) is 36.3 Å². The molecule has 0 amide bonds. The van der Waals surface area contributed by atoms with Crippen molar-refractivity contribution >= 4 is 23.0 Å². The summed E-state index contributed by atoms with van der Waals surface area (Å²) in [5.41, 5.74) is 4.78. The monoisotopic (exact) mass is 437 g/mol. The summed E-state index contributed by atoms with van der Waals surface area (Å²) in [7, 11) is 2.09. The molecule has 0 aromatic carbocycles. The molecule has 1 N–H and O–H groups in total. The Hall–Kier alpha value is -2.94. The molecule has 3 aliphatic rings. The van der Waals surface area contributed by atoms with Gasteiger partial charge in [0.05, 0.1) is 17.8 Å². The van der Waals surface area contributed by atoms with E-state index in [9.17, 15) is 8.78 Å². The Bertz CT molecular complexity index is 1220. The largest absolute Gasteiger partial charge is 0.348 e. The number of hydrogen-bond acceptors (Lipinski definition) is 6. The van der Waals surface area contributed by atoms with Crippen molar-refractivity contribution in [2.24, 2.45) is 16.8 Å². The van der Waals surface area contributed by atoms with Gasteiger partial charge in [-0.05, 0) is 44.0 Å². The van der Waals surface area contributed by atoms with Crippen LogP contribution in [0.1, 0.15) is 25.3 Å². The quantitative estimate of drug-likeness (QED) is 0.672. The fourth-order valence-corrected chi connectivity index (χ4v) is 5.22. The van der Waals surface area contributed by atoms with Gasteiger partial charge in [-0.3, -0.25) is 0 Å². The molecule has 1 saturated carbocycles. The zero-order valence-corrected chi connectivity index (χ0v) is 18.1. The van der Waals surface area contributed by atoms with Crippen LogP contribution in [0.2, 0.25) is 0 Å². The zero-order valence-electron chi connectivity index (χ0n) is 18.1. The molecule has 0 spiro atoms. The minimum Gasteiger partial charge on any atom is -0.348 e. The molecule has 32 heavy (non-hydrogen) atoms. The maximum Gasteiger partial charge on any atom is 0.248 e. The van der Waals surface area contributed by atoms with Crippen LogP contribution in [0, 0.1) is 11.8 Å². The van der Waals surface area contributed by atoms with Gasteiger partial charge in [-0.15, -0.1) is 5.10 Å². The van der Waals surface area contributed by atoms with E-state index in [2.05, 4.69) is 43.4 Å². The van der Waals surface area contributed by atoms with Crippen molar-refractivity contribution in [1.29, 1.82) is 0 Å². The lowest BCUT2D eigenvalue weighted by molar-refractivity contribution is -0.118. The number of pyridine rings is 1. The number of rotatable bonds is 4. The van der Waals surface area contributed by atoms with Crippen molar-refractivity contribution in [2.75, 3.05) is 25.5 Å². The third kappa shape index (κ3) is 3.35. The van der Waals surface area contributed by atoms with Crippen LogP contribution in [0.5, 0.6) is 0 Å². The second kappa shape index (κ2) is 7.03. The number of anilines is 1. The first-order valence-corrected chi connectivity index (χ1v) is 11.1. The Morgan fingerprint density at radius 2 is 1.97 bits per heavy atom. The Morgan fingerprint density at radius 3 is 2.72 bits per heavy atom. The standard InChI is InChI=1S/C23H25F2N7/c1-13-19(16-7-23(24,25)8-16)6-14-5-15(9-26-21(14)28-13)18-3-4-32-20(18)10-27-22(30-32)29-17-11-31(2)12-17/h3-5,9-10,16-17,19H,6-8,11-12H2,1-2H3,(H,29,30)/t19-/m0/s1. The molecule has 166 valence electrons. The lowest BCUT2D eigenvalue weighted by Crippen LogP contribution is -2.52. The van der Waals surface area contributed by atoms with Gasteiger partial charge in [0.25, 0.3) is 0 Å². The molecule has 0 bridgehead atoms. The van der Waals surface area contributed by atoms with Gasteiger partial charge in [0, 0.05) is 61.1 Å². The highest BCUT2D eigenvalue weighted by molar-refractivity contribution is 5.90. The highest BCUT2D eigenvalue weighted by Gasteiger charge is 2.49. The first-order valence-electron chi connectivity index (χ1n) is 11.1. The third-order valence-electron chi connectivity index (χ3n) is 7.02. The third-order valence-corrected chi connectivity index (χ3v) is 7.02. The van der Waals surface area contributed by atoms with Crippen molar-refractivity contribution in [3.8, 4) is 11.1 Å². The predicted octanol–water partition coefficient (Wildman–Crippen LogP) is 3.83. The van der Waals surface area contributed by atoms with Crippen LogP contribution in [-0.4, -0.2) is 62.3 Å². The van der Waals surface area contributed by atoms with Crippen LogP contribution in [0.25, 0.3) is 16.6 Å². The summed E-state index contributed by atoms with van der Waals surface area (Å²) in [5, 5.41) is 7.96. The van der Waals surface area contributed by atoms with Gasteiger partial charge in [-0.2, -0.15) is 0 Å². The summed E-state index contributed by atoms with van der Waals surface area (Å²) >= 11 is 0. The SMILES string of the molecule is CC1=Nc2ncc(-c3ccn4nc(NC5CN(C)C5)ncc34)cc2C[C@@H]1C1CC(F)(F)C1. The van der Waals surface area contributed by atoms with Crippen LogP contribution < -0.4 is 5.32 Å². The predicted molar refractivity (Wildman–Crippen MR) is 119 cm³/mol. The van der Waals surface area contributed by atoms with Gasteiger partial charge >= 0.3 is 0 Å². The van der Waals surface area contributed by atoms with Crippen molar-refractivity contribution in [1.82, 2.24) is 24.5 Å². The highest BCUT2D eigenvalue weighted by Crippen LogP contribution is 2.48. The van der Waals surface area contributed by atoms with Gasteiger partial charge in [-0.1, -0.05) is 0 Å². The highest BCUT2D eigenvalue weighted by atomic mass is 19.3. The summed E-state index contributed by atoms with van der Waals surface area (Å²) in [4.78, 5) is 16.0. The summed E-state index contributed by atoms with van der Waals surface area (Å²) < 4.78 is 28.7. The second-order valence-electron chi connectivity index (χ2n) is 9.50. The smallest absolute Gasteiger partial charge is 0.248 e. The maximum absolute atomic E-state index is 13.4. The molecular formula is C23H25F2N7. The minimum atomic E-state index is -2.51. The lowest BCUT2D eigenvalue weighted by Gasteiger charge is -2.41. The fourth-order valence-electron chi connectivity index (χ4n) is 5.22. The normalized spacial score (nSPS) is 23.4. The fraction of sp³-hybridized carbons (Fsp3) is 0.478. The number of nitrogens with one attached hydrogen (secondary N) is 1. The number of nitrogens with zero attached hydrogens (tertiary/aromatic N) is 6. The van der Waals surface area contributed by atoms with E-state index in [1.807, 2.05) is 36.1 Å². The Balaban J connectivity index is 1.26. The van der Waals surface area contributed by atoms with Gasteiger partial charge in [0.15, 0.2) is 5.82 Å². The molecule has 1 atom stereocenters. The number of likely N-dealkylation sites (N-methyl/N-ethyl adjacent to an activating group) is 1.